The fourth-order valence-electron chi connectivity index (χ4n) is 4.42. The molecule has 10 heteroatoms. The summed E-state index contributed by atoms with van der Waals surface area (Å²) in [5, 5.41) is 10.2. The predicted molar refractivity (Wildman–Crippen MR) is 120 cm³/mol. The fourth-order valence-corrected chi connectivity index (χ4v) is 6.44. The second-order valence-corrected chi connectivity index (χ2v) is 10.1. The third-order valence-corrected chi connectivity index (χ3v) is 8.38. The Morgan fingerprint density at radius 3 is 2.33 bits per heavy atom. The first-order valence-electron chi connectivity index (χ1n) is 10.7. The number of primary amides is 1. The van der Waals surface area contributed by atoms with Crippen LogP contribution in [-0.4, -0.2) is 55.7 Å². The van der Waals surface area contributed by atoms with Crippen molar-refractivity contribution in [2.75, 3.05) is 20.3 Å². The zero-order chi connectivity index (χ0) is 24.1. The predicted octanol–water partition coefficient (Wildman–Crippen LogP) is 2.75. The molecule has 2 aromatic rings. The lowest BCUT2D eigenvalue weighted by atomic mass is 9.95. The molecule has 1 aliphatic rings. The Kier molecular flexibility index (Phi) is 7.72. The number of carboxylic acids is 1. The van der Waals surface area contributed by atoms with Gasteiger partial charge in [0.2, 0.25) is 6.04 Å². The van der Waals surface area contributed by atoms with Gasteiger partial charge in [0.05, 0.1) is 20.3 Å². The first kappa shape index (κ1) is 24.7. The van der Waals surface area contributed by atoms with E-state index < -0.39 is 37.9 Å². The summed E-state index contributed by atoms with van der Waals surface area (Å²) < 4.78 is 37.0. The number of nitrogens with two attached hydrogens (primary N) is 1. The van der Waals surface area contributed by atoms with E-state index in [1.807, 2.05) is 30.3 Å². The highest BCUT2D eigenvalue weighted by molar-refractivity contribution is 7.86. The molecule has 0 radical (unpaired) electrons. The molecule has 0 aromatic heterocycles. The van der Waals surface area contributed by atoms with Crippen molar-refractivity contribution in [2.45, 2.75) is 36.8 Å². The minimum Gasteiger partial charge on any atom is -0.497 e. The number of urea groups is 1. The van der Waals surface area contributed by atoms with Crippen molar-refractivity contribution in [3.63, 3.8) is 0 Å². The topological polar surface area (TPSA) is 133 Å². The van der Waals surface area contributed by atoms with E-state index in [0.717, 1.165) is 5.56 Å². The number of carboxylic acid groups (broad SMARTS) is 1. The van der Waals surface area contributed by atoms with Crippen LogP contribution in [0.25, 0.3) is 0 Å². The molecule has 0 bridgehead atoms. The smallest absolute Gasteiger partial charge is 0.430 e. The van der Waals surface area contributed by atoms with Crippen LogP contribution < -0.4 is 10.5 Å². The lowest BCUT2D eigenvalue weighted by molar-refractivity contribution is -0.745. The lowest BCUT2D eigenvalue weighted by Crippen LogP contribution is -2.68. The molecule has 3 unspecified atom stereocenters. The van der Waals surface area contributed by atoms with Crippen molar-refractivity contribution in [3.8, 4) is 5.75 Å². The van der Waals surface area contributed by atoms with E-state index in [1.165, 1.54) is 31.4 Å². The number of hydrogen-bond donors (Lipinski definition) is 2. The molecular formula is C23H29N2O7S+. The Hall–Kier alpha value is -2.95. The number of carbonyl (C=O) groups excluding carboxylic acids is 1. The van der Waals surface area contributed by atoms with Crippen LogP contribution in [0.4, 0.5) is 4.79 Å². The maximum absolute atomic E-state index is 13.8. The van der Waals surface area contributed by atoms with Crippen molar-refractivity contribution in [2.24, 2.45) is 11.7 Å². The summed E-state index contributed by atoms with van der Waals surface area (Å²) in [6.07, 6.45) is 1.28. The van der Waals surface area contributed by atoms with Gasteiger partial charge in [-0.3, -0.25) is 0 Å². The normalized spacial score (nSPS) is 23.4. The highest BCUT2D eigenvalue weighted by Gasteiger charge is 2.61. The minimum absolute atomic E-state index is 0.0166. The third kappa shape index (κ3) is 4.87. The van der Waals surface area contributed by atoms with Crippen LogP contribution in [0.5, 0.6) is 5.75 Å². The van der Waals surface area contributed by atoms with E-state index >= 15 is 0 Å². The monoisotopic (exact) mass is 477 g/mol. The Morgan fingerprint density at radius 1 is 1.09 bits per heavy atom. The first-order chi connectivity index (χ1) is 15.7. The lowest BCUT2D eigenvalue weighted by Gasteiger charge is -2.38. The molecule has 2 amide bonds. The van der Waals surface area contributed by atoms with Crippen LogP contribution >= 0.6 is 0 Å². The number of aliphatic carboxylic acids is 1. The summed E-state index contributed by atoms with van der Waals surface area (Å²) in [6, 6.07) is 12.0. The summed E-state index contributed by atoms with van der Waals surface area (Å²) in [7, 11) is -3.06. The van der Waals surface area contributed by atoms with E-state index in [0.29, 0.717) is 25.0 Å². The van der Waals surface area contributed by atoms with E-state index in [2.05, 4.69) is 0 Å². The van der Waals surface area contributed by atoms with Gasteiger partial charge < -0.3 is 20.3 Å². The van der Waals surface area contributed by atoms with Gasteiger partial charge >= 0.3 is 22.0 Å². The SMILES string of the molecule is COc1ccc(S(=O)(=O)[N+]2(C(N)=O)CCCCC(COCc3ccccc3)C2C(=O)O)cc1. The molecule has 0 saturated carbocycles. The molecule has 1 fully saturated rings. The van der Waals surface area contributed by atoms with Gasteiger partial charge in [0.25, 0.3) is 0 Å². The number of sulfonamides is 1. The Morgan fingerprint density at radius 2 is 1.76 bits per heavy atom. The standard InChI is InChI=1S/C23H28N2O7S/c1-31-19-10-12-20(13-11-19)33(29,30)25(23(24)28)14-6-5-9-18(21(25)22(26)27)16-32-15-17-7-3-2-4-8-17/h2-4,7-8,10-13,18,21H,5-6,9,14-16H2,1H3,(H2-,24,26,27,28)/p+1. The maximum atomic E-state index is 13.8. The summed E-state index contributed by atoms with van der Waals surface area (Å²) in [5.74, 6) is -1.70. The molecule has 2 aromatic carbocycles. The molecule has 1 saturated heterocycles. The number of nitrogens with zero attached hydrogens (tertiary/aromatic N) is 1. The van der Waals surface area contributed by atoms with Crippen molar-refractivity contribution in [1.29, 1.82) is 0 Å². The second-order valence-electron chi connectivity index (χ2n) is 8.05. The van der Waals surface area contributed by atoms with Crippen LogP contribution in [0.15, 0.2) is 59.5 Å². The van der Waals surface area contributed by atoms with Crippen molar-refractivity contribution in [1.82, 2.24) is 0 Å². The number of hydrogen-bond acceptors (Lipinski definition) is 6. The van der Waals surface area contributed by atoms with Crippen LogP contribution in [0.2, 0.25) is 0 Å². The van der Waals surface area contributed by atoms with Crippen LogP contribution in [0.3, 0.4) is 0 Å². The summed E-state index contributed by atoms with van der Waals surface area (Å²) >= 11 is 0. The molecule has 3 N–H and O–H groups in total. The van der Waals surface area contributed by atoms with Crippen LogP contribution in [0.1, 0.15) is 24.8 Å². The number of benzene rings is 2. The number of quaternary nitrogens is 1. The number of methoxy groups -OCH3 is 1. The van der Waals surface area contributed by atoms with Crippen LogP contribution in [0, 0.1) is 5.92 Å². The molecule has 178 valence electrons. The van der Waals surface area contributed by atoms with E-state index in [4.69, 9.17) is 15.2 Å². The fraction of sp³-hybridized carbons (Fsp3) is 0.391. The molecule has 1 aliphatic heterocycles. The number of amides is 2. The van der Waals surface area contributed by atoms with Crippen molar-refractivity contribution >= 4 is 22.0 Å². The molecule has 3 rings (SSSR count). The molecular weight excluding hydrogens is 448 g/mol. The maximum Gasteiger partial charge on any atom is 0.430 e. The van der Waals surface area contributed by atoms with Crippen LogP contribution in [-0.2, 0) is 26.2 Å². The van der Waals surface area contributed by atoms with Crippen molar-refractivity contribution in [3.05, 3.63) is 60.2 Å². The zero-order valence-electron chi connectivity index (χ0n) is 18.4. The van der Waals surface area contributed by atoms with E-state index in [1.54, 1.807) is 0 Å². The van der Waals surface area contributed by atoms with Gasteiger partial charge in [0.15, 0.2) is 0 Å². The first-order valence-corrected chi connectivity index (χ1v) is 12.1. The molecule has 0 spiro atoms. The number of likely N-dealkylation sites (tertiary alicyclic amines) is 1. The van der Waals surface area contributed by atoms with E-state index in [-0.39, 0.29) is 24.7 Å². The van der Waals surface area contributed by atoms with Gasteiger partial charge in [-0.05, 0) is 49.1 Å². The summed E-state index contributed by atoms with van der Waals surface area (Å²) in [4.78, 5) is 25.1. The average Bonchev–Trinajstić information content (AvgIpc) is 3.01. The largest absolute Gasteiger partial charge is 0.497 e. The van der Waals surface area contributed by atoms with Gasteiger partial charge in [-0.1, -0.05) is 30.3 Å². The highest BCUT2D eigenvalue weighted by atomic mass is 32.2. The zero-order valence-corrected chi connectivity index (χ0v) is 19.2. The number of ether oxygens (including phenoxy) is 2. The van der Waals surface area contributed by atoms with Gasteiger partial charge in [-0.25, -0.2) is 9.59 Å². The van der Waals surface area contributed by atoms with Gasteiger partial charge in [0, 0.05) is 5.92 Å². The molecule has 3 atom stereocenters. The average molecular weight is 478 g/mol. The van der Waals surface area contributed by atoms with Gasteiger partial charge in [0.1, 0.15) is 17.2 Å². The van der Waals surface area contributed by atoms with Gasteiger partial charge in [-0.15, -0.1) is 3.89 Å². The van der Waals surface area contributed by atoms with Gasteiger partial charge in [-0.2, -0.15) is 8.42 Å². The Bertz CT molecular complexity index is 1070. The Labute approximate surface area is 193 Å². The highest BCUT2D eigenvalue weighted by Crippen LogP contribution is 2.37. The Balaban J connectivity index is 1.99. The molecule has 33 heavy (non-hydrogen) atoms. The third-order valence-electron chi connectivity index (χ3n) is 6.07. The molecule has 0 aliphatic carbocycles. The number of rotatable bonds is 8. The summed E-state index contributed by atoms with van der Waals surface area (Å²) in [6.45, 7) is -0.00139. The number of carbonyl (C=O) groups is 2. The van der Waals surface area contributed by atoms with E-state index in [9.17, 15) is 23.1 Å². The molecule has 9 nitrogen and oxygen atoms in total. The second kappa shape index (κ2) is 10.3. The summed E-state index contributed by atoms with van der Waals surface area (Å²) in [5.41, 5.74) is 6.59. The minimum atomic E-state index is -4.50. The quantitative estimate of drug-likeness (QED) is 0.559. The van der Waals surface area contributed by atoms with Crippen molar-refractivity contribution < 1.29 is 36.5 Å². The molecule has 1 heterocycles.